The minimum atomic E-state index is 0.924. The lowest BCUT2D eigenvalue weighted by atomic mass is 10.1. The van der Waals surface area contributed by atoms with Crippen LogP contribution in [0.2, 0.25) is 0 Å². The van der Waals surface area contributed by atoms with Gasteiger partial charge < -0.3 is 5.10 Å². The smallest absolute Gasteiger partial charge is 0.100 e. The van der Waals surface area contributed by atoms with E-state index in [1.165, 1.54) is 5.39 Å². The number of nitrogens with zero attached hydrogens (tertiary/aromatic N) is 3. The lowest BCUT2D eigenvalue weighted by molar-refractivity contribution is 0.799. The third-order valence-electron chi connectivity index (χ3n) is 3.25. The molecule has 18 heavy (non-hydrogen) atoms. The van der Waals surface area contributed by atoms with E-state index in [2.05, 4.69) is 37.1 Å². The number of pyridine rings is 1. The van der Waals surface area contributed by atoms with Crippen molar-refractivity contribution in [2.24, 2.45) is 7.05 Å². The fraction of sp³-hybridized carbons (Fsp3) is 0.0769. The number of benzene rings is 1. The molecule has 0 aliphatic carbocycles. The maximum Gasteiger partial charge on any atom is 0.100 e. The highest BCUT2D eigenvalue weighted by Crippen LogP contribution is 2.31. The molecule has 0 spiro atoms. The predicted molar refractivity (Wildman–Crippen MR) is 75.6 cm³/mol. The number of hydrogen-bond acceptors (Lipinski definition) is 2. The van der Waals surface area contributed by atoms with Crippen LogP contribution in [0.25, 0.3) is 32.8 Å². The van der Waals surface area contributed by atoms with E-state index in [1.807, 2.05) is 36.3 Å². The van der Waals surface area contributed by atoms with Crippen LogP contribution >= 0.6 is 15.9 Å². The molecule has 0 aliphatic heterocycles. The molecule has 0 amide bonds. The van der Waals surface area contributed by atoms with Crippen molar-refractivity contribution >= 4 is 48.8 Å². The molecule has 5 heteroatoms. The second kappa shape index (κ2) is 3.32. The predicted octanol–water partition coefficient (Wildman–Crippen LogP) is 3.37. The lowest BCUT2D eigenvalue weighted by Gasteiger charge is -1.98. The summed E-state index contributed by atoms with van der Waals surface area (Å²) in [5, 5.41) is 5.47. The first-order valence-corrected chi connectivity index (χ1v) is 6.41. The van der Waals surface area contributed by atoms with E-state index in [0.717, 1.165) is 31.9 Å². The summed E-state index contributed by atoms with van der Waals surface area (Å²) in [5.74, 6) is 0. The normalized spacial score (nSPS) is 11.9. The van der Waals surface area contributed by atoms with Crippen LogP contribution in [0.3, 0.4) is 0 Å². The molecule has 0 saturated carbocycles. The number of halogens is 1. The zero-order valence-electron chi connectivity index (χ0n) is 9.61. The Bertz CT molecular complexity index is 903. The summed E-state index contributed by atoms with van der Waals surface area (Å²) in [4.78, 5) is 9.13. The van der Waals surface area contributed by atoms with Crippen molar-refractivity contribution in [1.82, 2.24) is 19.7 Å². The summed E-state index contributed by atoms with van der Waals surface area (Å²) in [6, 6.07) is 6.12. The Morgan fingerprint density at radius 3 is 3.06 bits per heavy atom. The highest BCUT2D eigenvalue weighted by atomic mass is 79.9. The molecule has 1 aromatic carbocycles. The molecular formula is C13H9BrN4. The van der Waals surface area contributed by atoms with Crippen molar-refractivity contribution in [2.75, 3.05) is 0 Å². The fourth-order valence-electron chi connectivity index (χ4n) is 2.47. The zero-order valence-corrected chi connectivity index (χ0v) is 11.2. The number of fused-ring (bicyclic) bond motifs is 5. The van der Waals surface area contributed by atoms with Gasteiger partial charge in [0.1, 0.15) is 5.52 Å². The van der Waals surface area contributed by atoms with Crippen LogP contribution in [-0.2, 0) is 7.05 Å². The molecule has 0 radical (unpaired) electrons. The molecule has 0 saturated heterocycles. The van der Waals surface area contributed by atoms with Crippen molar-refractivity contribution in [3.8, 4) is 0 Å². The van der Waals surface area contributed by atoms with Gasteiger partial charge in [0.05, 0.1) is 21.9 Å². The maximum absolute atomic E-state index is 4.63. The van der Waals surface area contributed by atoms with E-state index in [-0.39, 0.29) is 0 Å². The third kappa shape index (κ3) is 1.19. The topological polar surface area (TPSA) is 46.5 Å². The quantitative estimate of drug-likeness (QED) is 0.541. The van der Waals surface area contributed by atoms with Crippen LogP contribution < -0.4 is 0 Å². The average molecular weight is 301 g/mol. The number of H-pyrrole nitrogens is 1. The van der Waals surface area contributed by atoms with Crippen LogP contribution in [0.1, 0.15) is 0 Å². The van der Waals surface area contributed by atoms with Crippen molar-refractivity contribution in [2.45, 2.75) is 0 Å². The number of aryl methyl sites for hydroxylation is 1. The molecule has 0 unspecified atom stereocenters. The van der Waals surface area contributed by atoms with Gasteiger partial charge in [0, 0.05) is 29.3 Å². The van der Waals surface area contributed by atoms with Gasteiger partial charge in [-0.15, -0.1) is 0 Å². The molecule has 4 nitrogen and oxygen atoms in total. The van der Waals surface area contributed by atoms with E-state index in [4.69, 9.17) is 0 Å². The van der Waals surface area contributed by atoms with Gasteiger partial charge in [0.2, 0.25) is 0 Å². The minimum absolute atomic E-state index is 0.924. The Balaban J connectivity index is 2.36. The molecule has 3 aromatic heterocycles. The van der Waals surface area contributed by atoms with Gasteiger partial charge in [-0.2, -0.15) is 0 Å². The van der Waals surface area contributed by atoms with Crippen LogP contribution in [0.15, 0.2) is 35.1 Å². The molecule has 0 aliphatic rings. The molecule has 88 valence electrons. The summed E-state index contributed by atoms with van der Waals surface area (Å²) in [7, 11) is 2.00. The molecule has 4 rings (SSSR count). The van der Waals surface area contributed by atoms with E-state index in [0.29, 0.717) is 0 Å². The monoisotopic (exact) mass is 300 g/mol. The minimum Gasteiger partial charge on any atom is -0.305 e. The summed E-state index contributed by atoms with van der Waals surface area (Å²) >= 11 is 3.43. The Morgan fingerprint density at radius 2 is 2.17 bits per heavy atom. The van der Waals surface area contributed by atoms with Gasteiger partial charge in [-0.25, -0.2) is 4.98 Å². The summed E-state index contributed by atoms with van der Waals surface area (Å²) < 4.78 is 2.95. The second-order valence-electron chi connectivity index (χ2n) is 4.36. The number of hydrogen-bond donors (Lipinski definition) is 1. The van der Waals surface area contributed by atoms with Gasteiger partial charge in [-0.3, -0.25) is 9.67 Å². The van der Waals surface area contributed by atoms with Crippen molar-refractivity contribution in [3.05, 3.63) is 35.1 Å². The Hall–Kier alpha value is -1.88. The molecule has 4 aromatic rings. The highest BCUT2D eigenvalue weighted by Gasteiger charge is 2.12. The van der Waals surface area contributed by atoms with Crippen LogP contribution in [-0.4, -0.2) is 19.7 Å². The average Bonchev–Trinajstić information content (AvgIpc) is 2.89. The largest absolute Gasteiger partial charge is 0.305 e. The third-order valence-corrected chi connectivity index (χ3v) is 3.68. The molecule has 0 fully saturated rings. The van der Waals surface area contributed by atoms with Crippen LogP contribution in [0, 0.1) is 0 Å². The fourth-order valence-corrected chi connectivity index (χ4v) is 2.79. The standard InChI is InChI=1S/C13H9BrN4/c1-18-13-7(5-16-18)2-3-9-11(13)12-10(17-9)4-8(14)6-15-12/h2-6,16H,1H3. The van der Waals surface area contributed by atoms with Crippen LogP contribution in [0.4, 0.5) is 0 Å². The molecular weight excluding hydrogens is 292 g/mol. The Kier molecular flexibility index (Phi) is 1.86. The van der Waals surface area contributed by atoms with E-state index < -0.39 is 0 Å². The van der Waals surface area contributed by atoms with Gasteiger partial charge in [-0.1, -0.05) is 0 Å². The zero-order chi connectivity index (χ0) is 12.3. The van der Waals surface area contributed by atoms with Crippen molar-refractivity contribution in [3.63, 3.8) is 0 Å². The first-order valence-electron chi connectivity index (χ1n) is 5.62. The number of nitrogens with one attached hydrogen (secondary N) is 1. The second-order valence-corrected chi connectivity index (χ2v) is 5.28. The maximum atomic E-state index is 4.63. The van der Waals surface area contributed by atoms with Crippen molar-refractivity contribution < 1.29 is 0 Å². The SMILES string of the molecule is Cn1[nH]cc2ccc3nc4cc(Br)cnc4c3c21. The number of aromatic nitrogens is 4. The number of rotatable bonds is 0. The highest BCUT2D eigenvalue weighted by molar-refractivity contribution is 9.10. The van der Waals surface area contributed by atoms with Crippen molar-refractivity contribution in [1.29, 1.82) is 0 Å². The van der Waals surface area contributed by atoms with E-state index in [9.17, 15) is 0 Å². The first-order chi connectivity index (χ1) is 8.74. The summed E-state index contributed by atoms with van der Waals surface area (Å²) in [6.45, 7) is 0. The molecule has 1 N–H and O–H groups in total. The van der Waals surface area contributed by atoms with Gasteiger partial charge >= 0.3 is 0 Å². The summed E-state index contributed by atoms with van der Waals surface area (Å²) in [5.41, 5.74) is 4.00. The van der Waals surface area contributed by atoms with E-state index in [1.54, 1.807) is 0 Å². The Labute approximate surface area is 111 Å². The van der Waals surface area contributed by atoms with Gasteiger partial charge in [-0.05, 0) is 34.1 Å². The Morgan fingerprint density at radius 1 is 1.28 bits per heavy atom. The van der Waals surface area contributed by atoms with E-state index >= 15 is 0 Å². The van der Waals surface area contributed by atoms with Gasteiger partial charge in [0.25, 0.3) is 0 Å². The molecule has 0 bridgehead atoms. The molecule has 3 heterocycles. The lowest BCUT2D eigenvalue weighted by Crippen LogP contribution is -1.89. The summed E-state index contributed by atoms with van der Waals surface area (Å²) in [6.07, 6.45) is 3.81. The van der Waals surface area contributed by atoms with Gasteiger partial charge in [0.15, 0.2) is 0 Å². The number of aromatic amines is 1. The van der Waals surface area contributed by atoms with Crippen LogP contribution in [0.5, 0.6) is 0 Å². The molecule has 0 atom stereocenters. The first kappa shape index (κ1) is 10.1.